The van der Waals surface area contributed by atoms with E-state index in [-0.39, 0.29) is 31.4 Å². The fourth-order valence-corrected chi connectivity index (χ4v) is 3.14. The van der Waals surface area contributed by atoms with E-state index >= 15 is 0 Å². The maximum Gasteiger partial charge on any atom is 0.393 e. The quantitative estimate of drug-likeness (QED) is 0.749. The van der Waals surface area contributed by atoms with Crippen molar-refractivity contribution in [2.75, 3.05) is 59.9 Å². The largest absolute Gasteiger partial charge is 0.393 e. The Hall–Kier alpha value is -1.51. The lowest BCUT2D eigenvalue weighted by molar-refractivity contribution is -0.188. The predicted octanol–water partition coefficient (Wildman–Crippen LogP) is 1.09. The van der Waals surface area contributed by atoms with E-state index in [1.54, 1.807) is 19.0 Å². The number of halogens is 3. The molecule has 2 aliphatic rings. The smallest absolute Gasteiger partial charge is 0.341 e. The van der Waals surface area contributed by atoms with Gasteiger partial charge in [0.2, 0.25) is 5.91 Å². The topological polar surface area (TPSA) is 47.1 Å². The van der Waals surface area contributed by atoms with Gasteiger partial charge in [0.1, 0.15) is 0 Å². The third-order valence-corrected chi connectivity index (χ3v) is 4.62. The maximum absolute atomic E-state index is 12.8. The normalized spacial score (nSPS) is 23.3. The van der Waals surface area contributed by atoms with Crippen LogP contribution in [0.4, 0.5) is 18.0 Å². The fraction of sp³-hybridized carbons (Fsp3) is 0.867. The number of likely N-dealkylation sites (tertiary alicyclic amines) is 1. The minimum Gasteiger partial charge on any atom is -0.341 e. The summed E-state index contributed by atoms with van der Waals surface area (Å²) in [4.78, 5) is 30.6. The van der Waals surface area contributed by atoms with Crippen LogP contribution in [0.15, 0.2) is 0 Å². The first kappa shape index (κ1) is 18.8. The van der Waals surface area contributed by atoms with Crippen LogP contribution in [-0.4, -0.2) is 97.6 Å². The molecule has 9 heteroatoms. The van der Waals surface area contributed by atoms with Gasteiger partial charge in [0.25, 0.3) is 0 Å². The molecule has 24 heavy (non-hydrogen) atoms. The number of hydrogen-bond donors (Lipinski definition) is 0. The average Bonchev–Trinajstić information content (AvgIpc) is 2.54. The number of carbonyl (C=O) groups excluding carboxylic acids is 2. The molecule has 3 amide bonds. The highest BCUT2D eigenvalue weighted by Crippen LogP contribution is 2.33. The molecule has 0 saturated carbocycles. The summed E-state index contributed by atoms with van der Waals surface area (Å²) in [7, 11) is 3.37. The number of piperazine rings is 1. The molecular weight excluding hydrogens is 325 g/mol. The van der Waals surface area contributed by atoms with E-state index in [2.05, 4.69) is 0 Å². The highest BCUT2D eigenvalue weighted by atomic mass is 19.4. The van der Waals surface area contributed by atoms with E-state index in [0.29, 0.717) is 39.1 Å². The Bertz CT molecular complexity index is 462. The van der Waals surface area contributed by atoms with E-state index in [1.165, 1.54) is 9.80 Å². The number of amides is 3. The molecule has 0 aromatic carbocycles. The van der Waals surface area contributed by atoms with Gasteiger partial charge < -0.3 is 14.7 Å². The van der Waals surface area contributed by atoms with Gasteiger partial charge in [0.05, 0.1) is 12.5 Å². The van der Waals surface area contributed by atoms with E-state index in [1.807, 2.05) is 4.90 Å². The van der Waals surface area contributed by atoms with E-state index in [9.17, 15) is 22.8 Å². The van der Waals surface area contributed by atoms with Crippen LogP contribution in [0.25, 0.3) is 0 Å². The van der Waals surface area contributed by atoms with Gasteiger partial charge in [-0.25, -0.2) is 4.79 Å². The Labute approximate surface area is 140 Å². The van der Waals surface area contributed by atoms with Crippen LogP contribution < -0.4 is 0 Å². The number of piperidine rings is 1. The van der Waals surface area contributed by atoms with Crippen LogP contribution >= 0.6 is 0 Å². The molecule has 2 heterocycles. The summed E-state index contributed by atoms with van der Waals surface area (Å²) >= 11 is 0. The molecule has 138 valence electrons. The lowest BCUT2D eigenvalue weighted by Gasteiger charge is -2.38. The number of carbonyl (C=O) groups is 2. The molecule has 2 rings (SSSR count). The number of rotatable bonds is 2. The van der Waals surface area contributed by atoms with Gasteiger partial charge in [-0.15, -0.1) is 0 Å². The van der Waals surface area contributed by atoms with Crippen molar-refractivity contribution in [3.05, 3.63) is 0 Å². The van der Waals surface area contributed by atoms with Crippen LogP contribution in [0.5, 0.6) is 0 Å². The van der Waals surface area contributed by atoms with Crippen molar-refractivity contribution in [2.24, 2.45) is 5.92 Å². The summed E-state index contributed by atoms with van der Waals surface area (Å²) < 4.78 is 38.5. The van der Waals surface area contributed by atoms with Crippen LogP contribution in [0.1, 0.15) is 12.8 Å². The zero-order valence-electron chi connectivity index (χ0n) is 14.2. The summed E-state index contributed by atoms with van der Waals surface area (Å²) in [5.41, 5.74) is 0. The van der Waals surface area contributed by atoms with Crippen molar-refractivity contribution < 1.29 is 22.8 Å². The number of urea groups is 1. The molecule has 0 aromatic rings. The lowest BCUT2D eigenvalue weighted by Crippen LogP contribution is -2.54. The number of hydrogen-bond acceptors (Lipinski definition) is 3. The molecule has 1 unspecified atom stereocenters. The Balaban J connectivity index is 1.80. The average molecular weight is 350 g/mol. The van der Waals surface area contributed by atoms with Crippen molar-refractivity contribution in [2.45, 2.75) is 19.0 Å². The molecule has 2 aliphatic heterocycles. The molecule has 2 fully saturated rings. The van der Waals surface area contributed by atoms with E-state index in [4.69, 9.17) is 0 Å². The Morgan fingerprint density at radius 3 is 2.21 bits per heavy atom. The summed E-state index contributed by atoms with van der Waals surface area (Å²) in [6.45, 7) is 2.44. The third-order valence-electron chi connectivity index (χ3n) is 4.62. The van der Waals surface area contributed by atoms with Gasteiger partial charge >= 0.3 is 12.2 Å². The van der Waals surface area contributed by atoms with Gasteiger partial charge in [-0.3, -0.25) is 9.69 Å². The van der Waals surface area contributed by atoms with Gasteiger partial charge in [0, 0.05) is 53.4 Å². The Morgan fingerprint density at radius 1 is 1.04 bits per heavy atom. The van der Waals surface area contributed by atoms with Gasteiger partial charge in [-0.1, -0.05) is 0 Å². The standard InChI is InChI=1S/C15H25F3N4O2/c1-19(2)14(24)21-8-6-20(7-9-21)11-13(23)22-5-3-4-12(10-22)15(16,17)18/h12H,3-11H2,1-2H3. The number of alkyl halides is 3. The van der Waals surface area contributed by atoms with Crippen LogP contribution in [0.2, 0.25) is 0 Å². The van der Waals surface area contributed by atoms with Crippen molar-refractivity contribution in [3.63, 3.8) is 0 Å². The first-order valence-electron chi connectivity index (χ1n) is 8.21. The molecule has 2 saturated heterocycles. The van der Waals surface area contributed by atoms with Gasteiger partial charge in [-0.05, 0) is 12.8 Å². The lowest BCUT2D eigenvalue weighted by atomic mass is 9.97. The summed E-state index contributed by atoms with van der Waals surface area (Å²) in [6.07, 6.45) is -3.75. The monoisotopic (exact) mass is 350 g/mol. The van der Waals surface area contributed by atoms with Gasteiger partial charge in [-0.2, -0.15) is 13.2 Å². The molecule has 0 aromatic heterocycles. The highest BCUT2D eigenvalue weighted by molar-refractivity contribution is 5.78. The second kappa shape index (κ2) is 7.58. The zero-order valence-corrected chi connectivity index (χ0v) is 14.2. The molecule has 0 bridgehead atoms. The molecule has 0 radical (unpaired) electrons. The highest BCUT2D eigenvalue weighted by Gasteiger charge is 2.42. The first-order valence-corrected chi connectivity index (χ1v) is 8.21. The van der Waals surface area contributed by atoms with Crippen molar-refractivity contribution >= 4 is 11.9 Å². The first-order chi connectivity index (χ1) is 11.2. The van der Waals surface area contributed by atoms with Crippen molar-refractivity contribution in [3.8, 4) is 0 Å². The molecule has 1 atom stereocenters. The third kappa shape index (κ3) is 4.75. The second-order valence-electron chi connectivity index (χ2n) is 6.66. The second-order valence-corrected chi connectivity index (χ2v) is 6.66. The SMILES string of the molecule is CN(C)C(=O)N1CCN(CC(=O)N2CCCC(C(F)(F)F)C2)CC1. The summed E-state index contributed by atoms with van der Waals surface area (Å²) in [6, 6.07) is -0.0648. The Kier molecular flexibility index (Phi) is 5.95. The van der Waals surface area contributed by atoms with Crippen LogP contribution in [0, 0.1) is 5.92 Å². The molecule has 0 aliphatic carbocycles. The minimum atomic E-state index is -4.24. The van der Waals surface area contributed by atoms with Gasteiger partial charge in [0.15, 0.2) is 0 Å². The molecule has 6 nitrogen and oxygen atoms in total. The van der Waals surface area contributed by atoms with E-state index < -0.39 is 12.1 Å². The molecule has 0 N–H and O–H groups in total. The van der Waals surface area contributed by atoms with Crippen molar-refractivity contribution in [1.29, 1.82) is 0 Å². The Morgan fingerprint density at radius 2 is 1.67 bits per heavy atom. The number of nitrogens with zero attached hydrogens (tertiary/aromatic N) is 4. The van der Waals surface area contributed by atoms with Crippen molar-refractivity contribution in [1.82, 2.24) is 19.6 Å². The maximum atomic E-state index is 12.8. The fourth-order valence-electron chi connectivity index (χ4n) is 3.14. The summed E-state index contributed by atoms with van der Waals surface area (Å²) in [5, 5.41) is 0. The zero-order chi connectivity index (χ0) is 17.9. The molecule has 0 spiro atoms. The predicted molar refractivity (Wildman–Crippen MR) is 82.5 cm³/mol. The van der Waals surface area contributed by atoms with Crippen LogP contribution in [0.3, 0.4) is 0 Å². The molecular formula is C15H25F3N4O2. The van der Waals surface area contributed by atoms with E-state index in [0.717, 1.165) is 0 Å². The summed E-state index contributed by atoms with van der Waals surface area (Å²) in [5.74, 6) is -1.67. The van der Waals surface area contributed by atoms with Crippen LogP contribution in [-0.2, 0) is 4.79 Å². The minimum absolute atomic E-state index is 0.0648.